The molecular formula is C24H34N4O4S. The fourth-order valence-corrected chi connectivity index (χ4v) is 5.03. The second-order valence-corrected chi connectivity index (χ2v) is 10.7. The zero-order valence-corrected chi connectivity index (χ0v) is 20.9. The lowest BCUT2D eigenvalue weighted by molar-refractivity contribution is 0.0941. The third-order valence-electron chi connectivity index (χ3n) is 6.02. The van der Waals surface area contributed by atoms with Crippen molar-refractivity contribution in [2.75, 3.05) is 59.8 Å². The van der Waals surface area contributed by atoms with Crippen LogP contribution in [-0.2, 0) is 10.0 Å². The fourth-order valence-electron chi connectivity index (χ4n) is 4.10. The van der Waals surface area contributed by atoms with Crippen LogP contribution in [0.2, 0.25) is 0 Å². The summed E-state index contributed by atoms with van der Waals surface area (Å²) in [5.41, 5.74) is 2.10. The molecule has 3 rings (SSSR count). The summed E-state index contributed by atoms with van der Waals surface area (Å²) in [5, 5.41) is 3.03. The monoisotopic (exact) mass is 474 g/mol. The van der Waals surface area contributed by atoms with E-state index in [0.29, 0.717) is 12.1 Å². The Kier molecular flexibility index (Phi) is 7.99. The summed E-state index contributed by atoms with van der Waals surface area (Å²) in [7, 11) is 4.83. The molecule has 1 heterocycles. The number of hydrogen-bond donors (Lipinski definition) is 1. The number of nitrogens with zero attached hydrogens (tertiary/aromatic N) is 3. The van der Waals surface area contributed by atoms with Gasteiger partial charge in [0.1, 0.15) is 5.75 Å². The lowest BCUT2D eigenvalue weighted by Crippen LogP contribution is -2.35. The van der Waals surface area contributed by atoms with Crippen LogP contribution in [0.15, 0.2) is 47.4 Å². The van der Waals surface area contributed by atoms with E-state index in [-0.39, 0.29) is 16.8 Å². The summed E-state index contributed by atoms with van der Waals surface area (Å²) in [6, 6.07) is 12.4. The molecule has 8 nitrogen and oxygen atoms in total. The molecule has 1 unspecified atom stereocenters. The number of carbonyl (C=O) groups is 1. The first-order valence-corrected chi connectivity index (χ1v) is 12.5. The van der Waals surface area contributed by atoms with Crippen molar-refractivity contribution in [1.82, 2.24) is 14.5 Å². The average molecular weight is 475 g/mol. The minimum absolute atomic E-state index is 0.106. The van der Waals surface area contributed by atoms with Crippen molar-refractivity contribution in [3.63, 3.8) is 0 Å². The van der Waals surface area contributed by atoms with Crippen molar-refractivity contribution in [2.24, 2.45) is 0 Å². The van der Waals surface area contributed by atoms with Gasteiger partial charge < -0.3 is 19.9 Å². The Labute approximate surface area is 197 Å². The van der Waals surface area contributed by atoms with Gasteiger partial charge in [-0.15, -0.1) is 0 Å². The molecule has 0 radical (unpaired) electrons. The van der Waals surface area contributed by atoms with Crippen molar-refractivity contribution in [1.29, 1.82) is 0 Å². The topological polar surface area (TPSA) is 82.2 Å². The van der Waals surface area contributed by atoms with Crippen molar-refractivity contribution in [3.05, 3.63) is 53.6 Å². The van der Waals surface area contributed by atoms with Crippen LogP contribution in [0.25, 0.3) is 0 Å². The highest BCUT2D eigenvalue weighted by Gasteiger charge is 2.26. The molecule has 0 saturated carbocycles. The summed E-state index contributed by atoms with van der Waals surface area (Å²) in [6.07, 6.45) is 2.10. The number of rotatable bonds is 9. The fraction of sp³-hybridized carbons (Fsp3) is 0.458. The minimum atomic E-state index is -3.66. The molecule has 0 aliphatic carbocycles. The first-order chi connectivity index (χ1) is 15.7. The van der Waals surface area contributed by atoms with E-state index in [1.807, 2.05) is 43.3 Å². The number of hydrogen-bond acceptors (Lipinski definition) is 6. The van der Waals surface area contributed by atoms with Crippen molar-refractivity contribution >= 4 is 21.6 Å². The molecule has 2 aromatic carbocycles. The van der Waals surface area contributed by atoms with Gasteiger partial charge in [-0.25, -0.2) is 12.7 Å². The highest BCUT2D eigenvalue weighted by atomic mass is 32.2. The Morgan fingerprint density at radius 2 is 1.76 bits per heavy atom. The number of anilines is 1. The van der Waals surface area contributed by atoms with Crippen LogP contribution in [0.3, 0.4) is 0 Å². The molecule has 1 aliphatic heterocycles. The Hall–Kier alpha value is -2.62. The quantitative estimate of drug-likeness (QED) is 0.602. The van der Waals surface area contributed by atoms with Gasteiger partial charge in [-0.2, -0.15) is 0 Å². The van der Waals surface area contributed by atoms with Crippen LogP contribution >= 0.6 is 0 Å². The van der Waals surface area contributed by atoms with Crippen LogP contribution in [0.1, 0.15) is 34.8 Å². The molecule has 9 heteroatoms. The smallest absolute Gasteiger partial charge is 0.253 e. The number of likely N-dealkylation sites (N-methyl/N-ethyl adjacent to an activating group) is 1. The van der Waals surface area contributed by atoms with Gasteiger partial charge in [-0.1, -0.05) is 18.2 Å². The van der Waals surface area contributed by atoms with E-state index >= 15 is 0 Å². The molecule has 2 aromatic rings. The molecule has 33 heavy (non-hydrogen) atoms. The van der Waals surface area contributed by atoms with Crippen LogP contribution in [0, 0.1) is 0 Å². The Bertz CT molecular complexity index is 1080. The molecule has 1 aliphatic rings. The Morgan fingerprint density at radius 1 is 1.09 bits per heavy atom. The number of para-hydroxylation sites is 1. The number of carbonyl (C=O) groups excluding carboxylic acids is 1. The van der Waals surface area contributed by atoms with Crippen LogP contribution in [-0.4, -0.2) is 78.5 Å². The van der Waals surface area contributed by atoms with Crippen molar-refractivity contribution < 1.29 is 17.9 Å². The third-order valence-corrected chi connectivity index (χ3v) is 7.83. The summed E-state index contributed by atoms with van der Waals surface area (Å²) < 4.78 is 32.1. The van der Waals surface area contributed by atoms with Crippen LogP contribution in [0.5, 0.6) is 5.75 Å². The van der Waals surface area contributed by atoms with Gasteiger partial charge in [0.15, 0.2) is 0 Å². The lowest BCUT2D eigenvalue weighted by Gasteiger charge is -2.27. The standard InChI is InChI=1S/C24H34N4O4S/c1-26(2)22(19-10-6-7-11-23(19)32-5)17-25-24(29)20-16-18(33(30,31)27(3)4)12-13-21(20)28-14-8-9-15-28/h6-7,10-13,16,22H,8-9,14-15,17H2,1-5H3,(H,25,29). The highest BCUT2D eigenvalue weighted by molar-refractivity contribution is 7.89. The van der Waals surface area contributed by atoms with Gasteiger partial charge in [0.05, 0.1) is 23.6 Å². The van der Waals surface area contributed by atoms with E-state index in [1.165, 1.54) is 20.2 Å². The lowest BCUT2D eigenvalue weighted by atomic mass is 10.0. The first-order valence-electron chi connectivity index (χ1n) is 11.1. The summed E-state index contributed by atoms with van der Waals surface area (Å²) in [6.45, 7) is 2.04. The largest absolute Gasteiger partial charge is 0.496 e. The van der Waals surface area contributed by atoms with Gasteiger partial charge in [-0.05, 0) is 51.2 Å². The van der Waals surface area contributed by atoms with Crippen molar-refractivity contribution in [3.8, 4) is 5.75 Å². The SMILES string of the molecule is COc1ccccc1C(CNC(=O)c1cc(S(=O)(=O)N(C)C)ccc1N1CCCC1)N(C)C. The number of methoxy groups -OCH3 is 1. The van der Waals surface area contributed by atoms with E-state index in [9.17, 15) is 13.2 Å². The first kappa shape index (κ1) is 25.0. The summed E-state index contributed by atoms with van der Waals surface area (Å²) in [4.78, 5) is 17.7. The number of sulfonamides is 1. The van der Waals surface area contributed by atoms with E-state index in [4.69, 9.17) is 4.74 Å². The maximum atomic E-state index is 13.4. The highest BCUT2D eigenvalue weighted by Crippen LogP contribution is 2.30. The van der Waals surface area contributed by atoms with E-state index < -0.39 is 10.0 Å². The Balaban J connectivity index is 1.92. The zero-order chi connectivity index (χ0) is 24.2. The van der Waals surface area contributed by atoms with Gasteiger partial charge in [0.2, 0.25) is 10.0 Å². The maximum absolute atomic E-state index is 13.4. The van der Waals surface area contributed by atoms with Crippen LogP contribution in [0.4, 0.5) is 5.69 Å². The summed E-state index contributed by atoms with van der Waals surface area (Å²) >= 11 is 0. The number of amides is 1. The zero-order valence-electron chi connectivity index (χ0n) is 20.0. The summed E-state index contributed by atoms with van der Waals surface area (Å²) in [5.74, 6) is 0.455. The minimum Gasteiger partial charge on any atom is -0.496 e. The number of benzene rings is 2. The van der Waals surface area contributed by atoms with E-state index in [1.54, 1.807) is 19.2 Å². The molecule has 180 valence electrons. The van der Waals surface area contributed by atoms with Gasteiger partial charge >= 0.3 is 0 Å². The molecule has 1 amide bonds. The Morgan fingerprint density at radius 3 is 2.36 bits per heavy atom. The van der Waals surface area contributed by atoms with Gasteiger partial charge in [0, 0.05) is 45.0 Å². The second kappa shape index (κ2) is 10.5. The van der Waals surface area contributed by atoms with Crippen LogP contribution < -0.4 is 15.0 Å². The molecule has 1 saturated heterocycles. The molecule has 0 aromatic heterocycles. The molecule has 1 fully saturated rings. The molecule has 1 atom stereocenters. The third kappa shape index (κ3) is 5.48. The molecule has 1 N–H and O–H groups in total. The van der Waals surface area contributed by atoms with E-state index in [2.05, 4.69) is 10.2 Å². The maximum Gasteiger partial charge on any atom is 0.253 e. The normalized spacial score (nSPS) is 15.2. The van der Waals surface area contributed by atoms with Gasteiger partial charge in [0.25, 0.3) is 5.91 Å². The van der Waals surface area contributed by atoms with Gasteiger partial charge in [-0.3, -0.25) is 4.79 Å². The second-order valence-electron chi connectivity index (χ2n) is 8.59. The number of nitrogens with one attached hydrogen (secondary N) is 1. The van der Waals surface area contributed by atoms with Crippen molar-refractivity contribution in [2.45, 2.75) is 23.8 Å². The predicted molar refractivity (Wildman–Crippen MR) is 131 cm³/mol. The predicted octanol–water partition coefficient (Wildman–Crippen LogP) is 2.58. The average Bonchev–Trinajstić information content (AvgIpc) is 3.33. The number of ether oxygens (including phenoxy) is 1. The molecule has 0 spiro atoms. The molecular weight excluding hydrogens is 440 g/mol. The molecule has 0 bridgehead atoms. The van der Waals surface area contributed by atoms with E-state index in [0.717, 1.165) is 47.2 Å².